The number of nitrogens with zero attached hydrogens (tertiary/aromatic N) is 2. The third kappa shape index (κ3) is 5.58. The van der Waals surface area contributed by atoms with Crippen LogP contribution in [0, 0.1) is 6.92 Å². The maximum Gasteiger partial charge on any atom is 0.341 e. The second kappa shape index (κ2) is 10.4. The molecule has 1 aliphatic rings. The van der Waals surface area contributed by atoms with Crippen LogP contribution in [-0.4, -0.2) is 74.7 Å². The van der Waals surface area contributed by atoms with E-state index in [0.717, 1.165) is 11.3 Å². The van der Waals surface area contributed by atoms with Crippen molar-refractivity contribution >= 4 is 44.1 Å². The first kappa shape index (κ1) is 24.8. The van der Waals surface area contributed by atoms with E-state index in [9.17, 15) is 22.8 Å². The number of thiophene rings is 1. The van der Waals surface area contributed by atoms with Gasteiger partial charge in [0.05, 0.1) is 28.5 Å². The van der Waals surface area contributed by atoms with Crippen molar-refractivity contribution in [2.24, 2.45) is 5.73 Å². The van der Waals surface area contributed by atoms with Crippen LogP contribution in [0.3, 0.4) is 0 Å². The Morgan fingerprint density at radius 2 is 1.76 bits per heavy atom. The Morgan fingerprint density at radius 3 is 2.33 bits per heavy atom. The zero-order valence-electron chi connectivity index (χ0n) is 18.4. The second-order valence-corrected chi connectivity index (χ2v) is 10.3. The highest BCUT2D eigenvalue weighted by atomic mass is 32.2. The van der Waals surface area contributed by atoms with Gasteiger partial charge in [0.1, 0.15) is 5.00 Å². The minimum atomic E-state index is -3.58. The Kier molecular flexibility index (Phi) is 7.84. The molecule has 0 saturated carbocycles. The van der Waals surface area contributed by atoms with Crippen LogP contribution >= 0.6 is 11.3 Å². The molecule has 1 aromatic carbocycles. The van der Waals surface area contributed by atoms with Crippen molar-refractivity contribution in [2.45, 2.75) is 18.7 Å². The van der Waals surface area contributed by atoms with E-state index in [2.05, 4.69) is 5.32 Å². The quantitative estimate of drug-likeness (QED) is 0.527. The Balaban J connectivity index is 1.64. The number of primary amides is 1. The molecule has 3 N–H and O–H groups in total. The SMILES string of the molecule is CCOC(=O)c1c(NC(=O)CN2CCN(S(=O)(=O)c3ccccc3)CC2)sc(C(N)=O)c1C. The van der Waals surface area contributed by atoms with E-state index in [4.69, 9.17) is 10.5 Å². The number of hydrogen-bond acceptors (Lipinski definition) is 8. The molecule has 0 aliphatic carbocycles. The van der Waals surface area contributed by atoms with E-state index >= 15 is 0 Å². The Bertz CT molecular complexity index is 1140. The molecular formula is C21H26N4O6S2. The average molecular weight is 495 g/mol. The molecule has 0 spiro atoms. The van der Waals surface area contributed by atoms with Gasteiger partial charge in [-0.05, 0) is 31.5 Å². The number of hydrogen-bond donors (Lipinski definition) is 2. The van der Waals surface area contributed by atoms with Crippen LogP contribution in [0.5, 0.6) is 0 Å². The van der Waals surface area contributed by atoms with E-state index in [-0.39, 0.29) is 46.6 Å². The first-order chi connectivity index (χ1) is 15.6. The number of esters is 1. The lowest BCUT2D eigenvalue weighted by molar-refractivity contribution is -0.117. The topological polar surface area (TPSA) is 139 Å². The Labute approximate surface area is 196 Å². The zero-order chi connectivity index (χ0) is 24.2. The van der Waals surface area contributed by atoms with Gasteiger partial charge in [-0.25, -0.2) is 13.2 Å². The Morgan fingerprint density at radius 1 is 1.12 bits per heavy atom. The first-order valence-electron chi connectivity index (χ1n) is 10.3. The van der Waals surface area contributed by atoms with E-state index in [1.54, 1.807) is 44.2 Å². The highest BCUT2D eigenvalue weighted by Gasteiger charge is 2.30. The lowest BCUT2D eigenvalue weighted by Gasteiger charge is -2.33. The summed E-state index contributed by atoms with van der Waals surface area (Å²) in [7, 11) is -3.58. The number of sulfonamides is 1. The number of ether oxygens (including phenoxy) is 1. The van der Waals surface area contributed by atoms with Gasteiger partial charge in [0.15, 0.2) is 0 Å². The van der Waals surface area contributed by atoms with Gasteiger partial charge in [0.25, 0.3) is 5.91 Å². The Hall–Kier alpha value is -2.80. The van der Waals surface area contributed by atoms with Crippen molar-refractivity contribution in [3.63, 3.8) is 0 Å². The molecular weight excluding hydrogens is 468 g/mol. The van der Waals surface area contributed by atoms with Crippen LogP contribution in [-0.2, 0) is 19.6 Å². The minimum Gasteiger partial charge on any atom is -0.462 e. The molecule has 1 saturated heterocycles. The molecule has 12 heteroatoms. The van der Waals surface area contributed by atoms with Crippen molar-refractivity contribution < 1.29 is 27.5 Å². The molecule has 10 nitrogen and oxygen atoms in total. The number of piperazine rings is 1. The molecule has 1 aromatic heterocycles. The maximum atomic E-state index is 12.7. The monoisotopic (exact) mass is 494 g/mol. The fraction of sp³-hybridized carbons (Fsp3) is 0.381. The number of nitrogens with two attached hydrogens (primary N) is 1. The molecule has 2 amide bonds. The third-order valence-electron chi connectivity index (χ3n) is 5.18. The number of rotatable bonds is 8. The van der Waals surface area contributed by atoms with Gasteiger partial charge < -0.3 is 15.8 Å². The highest BCUT2D eigenvalue weighted by molar-refractivity contribution is 7.89. The van der Waals surface area contributed by atoms with E-state index in [1.165, 1.54) is 4.31 Å². The molecule has 0 atom stereocenters. The standard InChI is InChI=1S/C21H26N4O6S2/c1-3-31-21(28)17-14(2)18(19(22)27)32-20(17)23-16(26)13-24-9-11-25(12-10-24)33(29,30)15-7-5-4-6-8-15/h4-8H,3,9-13H2,1-2H3,(H2,22,27)(H,23,26). The maximum absolute atomic E-state index is 12.7. The normalized spacial score (nSPS) is 15.2. The summed E-state index contributed by atoms with van der Waals surface area (Å²) < 4.78 is 31.9. The minimum absolute atomic E-state index is 0.00431. The van der Waals surface area contributed by atoms with Gasteiger partial charge in [-0.1, -0.05) is 18.2 Å². The zero-order valence-corrected chi connectivity index (χ0v) is 20.0. The predicted octanol–water partition coefficient (Wildman–Crippen LogP) is 1.28. The fourth-order valence-electron chi connectivity index (χ4n) is 3.52. The van der Waals surface area contributed by atoms with Crippen LogP contribution in [0.25, 0.3) is 0 Å². The summed E-state index contributed by atoms with van der Waals surface area (Å²) in [6.07, 6.45) is 0. The van der Waals surface area contributed by atoms with Gasteiger partial charge >= 0.3 is 5.97 Å². The number of carbonyl (C=O) groups excluding carboxylic acids is 3. The summed E-state index contributed by atoms with van der Waals surface area (Å²) in [6.45, 7) is 4.63. The number of benzene rings is 1. The summed E-state index contributed by atoms with van der Waals surface area (Å²) >= 11 is 0.927. The fourth-order valence-corrected chi connectivity index (χ4v) is 6.03. The molecule has 0 radical (unpaired) electrons. The van der Waals surface area contributed by atoms with Crippen molar-refractivity contribution in [2.75, 3.05) is 44.6 Å². The first-order valence-corrected chi connectivity index (χ1v) is 12.6. The van der Waals surface area contributed by atoms with Crippen LogP contribution in [0.4, 0.5) is 5.00 Å². The summed E-state index contributed by atoms with van der Waals surface area (Å²) in [6, 6.07) is 8.21. The molecule has 1 aliphatic heterocycles. The van der Waals surface area contributed by atoms with E-state index in [1.807, 2.05) is 4.90 Å². The lowest BCUT2D eigenvalue weighted by Crippen LogP contribution is -2.50. The highest BCUT2D eigenvalue weighted by Crippen LogP contribution is 2.33. The van der Waals surface area contributed by atoms with E-state index < -0.39 is 27.8 Å². The average Bonchev–Trinajstić information content (AvgIpc) is 3.10. The van der Waals surface area contributed by atoms with Gasteiger partial charge in [0, 0.05) is 26.2 Å². The largest absolute Gasteiger partial charge is 0.462 e. The van der Waals surface area contributed by atoms with E-state index in [0.29, 0.717) is 18.7 Å². The number of amides is 2. The molecule has 3 rings (SSSR count). The molecule has 33 heavy (non-hydrogen) atoms. The summed E-state index contributed by atoms with van der Waals surface area (Å²) in [4.78, 5) is 38.9. The number of nitrogens with one attached hydrogen (secondary N) is 1. The molecule has 2 aromatic rings. The molecule has 0 bridgehead atoms. The summed E-state index contributed by atoms with van der Waals surface area (Å²) in [5.74, 6) is -1.73. The lowest BCUT2D eigenvalue weighted by atomic mass is 10.1. The van der Waals surface area contributed by atoms with Crippen LogP contribution < -0.4 is 11.1 Å². The van der Waals surface area contributed by atoms with Gasteiger partial charge in [0.2, 0.25) is 15.9 Å². The molecule has 2 heterocycles. The molecule has 0 unspecified atom stereocenters. The van der Waals surface area contributed by atoms with Crippen LogP contribution in [0.15, 0.2) is 35.2 Å². The van der Waals surface area contributed by atoms with Crippen molar-refractivity contribution in [1.82, 2.24) is 9.21 Å². The van der Waals surface area contributed by atoms with Crippen molar-refractivity contribution in [3.8, 4) is 0 Å². The van der Waals surface area contributed by atoms with Crippen LogP contribution in [0.2, 0.25) is 0 Å². The number of anilines is 1. The van der Waals surface area contributed by atoms with Crippen LogP contribution in [0.1, 0.15) is 32.5 Å². The predicted molar refractivity (Wildman–Crippen MR) is 124 cm³/mol. The molecule has 178 valence electrons. The summed E-state index contributed by atoms with van der Waals surface area (Å²) in [5.41, 5.74) is 5.86. The van der Waals surface area contributed by atoms with Gasteiger partial charge in [-0.15, -0.1) is 11.3 Å². The third-order valence-corrected chi connectivity index (χ3v) is 8.32. The molecule has 1 fully saturated rings. The van der Waals surface area contributed by atoms with Crippen molar-refractivity contribution in [3.05, 3.63) is 46.3 Å². The smallest absolute Gasteiger partial charge is 0.341 e. The second-order valence-electron chi connectivity index (χ2n) is 7.39. The van der Waals surface area contributed by atoms with Gasteiger partial charge in [-0.3, -0.25) is 14.5 Å². The summed E-state index contributed by atoms with van der Waals surface area (Å²) in [5, 5.41) is 2.88. The van der Waals surface area contributed by atoms with Crippen molar-refractivity contribution in [1.29, 1.82) is 0 Å². The number of carbonyl (C=O) groups is 3. The van der Waals surface area contributed by atoms with Gasteiger partial charge in [-0.2, -0.15) is 4.31 Å².